The summed E-state index contributed by atoms with van der Waals surface area (Å²) in [6.45, 7) is 0.448. The number of benzene rings is 2. The van der Waals surface area contributed by atoms with Crippen LogP contribution >= 0.6 is 11.8 Å². The minimum absolute atomic E-state index is 0.0763. The highest BCUT2D eigenvalue weighted by atomic mass is 32.2. The van der Waals surface area contributed by atoms with Crippen LogP contribution in [0.5, 0.6) is 0 Å². The third-order valence-electron chi connectivity index (χ3n) is 4.05. The molecule has 0 bridgehead atoms. The maximum absolute atomic E-state index is 12.5. The molecule has 0 spiro atoms. The number of hydrogen-bond acceptors (Lipinski definition) is 5. The number of para-hydroxylation sites is 1. The van der Waals surface area contributed by atoms with E-state index in [1.165, 1.54) is 4.90 Å². The van der Waals surface area contributed by atoms with Gasteiger partial charge in [0.1, 0.15) is 0 Å². The molecule has 1 N–H and O–H groups in total. The number of carbonyl (C=O) groups excluding carboxylic acids is 2. The molecule has 0 fully saturated rings. The van der Waals surface area contributed by atoms with Crippen molar-refractivity contribution in [3.05, 3.63) is 72.1 Å². The van der Waals surface area contributed by atoms with Gasteiger partial charge in [0.15, 0.2) is 5.69 Å². The normalized spacial score (nSPS) is 10.5. The molecule has 0 unspecified atom stereocenters. The lowest BCUT2D eigenvalue weighted by atomic mass is 10.2. The summed E-state index contributed by atoms with van der Waals surface area (Å²) in [5, 5.41) is 10.8. The van der Waals surface area contributed by atoms with E-state index in [1.807, 2.05) is 60.9 Å². The molecule has 3 aromatic rings. The number of rotatable bonds is 7. The number of thioether (sulfide) groups is 1. The Balaban J connectivity index is 1.59. The van der Waals surface area contributed by atoms with Crippen LogP contribution < -0.4 is 5.32 Å². The molecule has 0 aliphatic rings. The second-order valence-electron chi connectivity index (χ2n) is 6.20. The largest absolute Gasteiger partial charge is 0.331 e. The predicted molar refractivity (Wildman–Crippen MR) is 109 cm³/mol. The van der Waals surface area contributed by atoms with E-state index in [4.69, 9.17) is 0 Å². The first kappa shape index (κ1) is 19.6. The van der Waals surface area contributed by atoms with Gasteiger partial charge in [0.05, 0.1) is 25.0 Å². The monoisotopic (exact) mass is 395 g/mol. The summed E-state index contributed by atoms with van der Waals surface area (Å²) < 4.78 is 1.60. The van der Waals surface area contributed by atoms with E-state index in [1.54, 1.807) is 29.7 Å². The van der Waals surface area contributed by atoms with Crippen LogP contribution in [0.25, 0.3) is 0 Å². The van der Waals surface area contributed by atoms with E-state index in [2.05, 4.69) is 15.6 Å². The zero-order chi connectivity index (χ0) is 19.9. The summed E-state index contributed by atoms with van der Waals surface area (Å²) in [5.41, 5.74) is 2.00. The maximum Gasteiger partial charge on any atom is 0.276 e. The van der Waals surface area contributed by atoms with Crippen LogP contribution in [0.2, 0.25) is 0 Å². The molecule has 7 nitrogen and oxygen atoms in total. The van der Waals surface area contributed by atoms with E-state index in [-0.39, 0.29) is 24.1 Å². The van der Waals surface area contributed by atoms with Crippen LogP contribution in [0.3, 0.4) is 0 Å². The molecule has 1 aromatic heterocycles. The highest BCUT2D eigenvalue weighted by Gasteiger charge is 2.19. The number of hydrogen-bond donors (Lipinski definition) is 1. The minimum Gasteiger partial charge on any atom is -0.331 e. The van der Waals surface area contributed by atoms with Crippen molar-refractivity contribution >= 4 is 29.3 Å². The topological polar surface area (TPSA) is 80.1 Å². The molecule has 0 aliphatic heterocycles. The smallest absolute Gasteiger partial charge is 0.276 e. The molecule has 144 valence electrons. The highest BCUT2D eigenvalue weighted by Crippen LogP contribution is 2.24. The lowest BCUT2D eigenvalue weighted by Gasteiger charge is -2.16. The highest BCUT2D eigenvalue weighted by molar-refractivity contribution is 7.98. The first-order chi connectivity index (χ1) is 13.6. The molecular formula is C20H21N5O2S. The van der Waals surface area contributed by atoms with Gasteiger partial charge in [-0.3, -0.25) is 9.59 Å². The second kappa shape index (κ2) is 9.18. The Labute approximate surface area is 167 Å². The van der Waals surface area contributed by atoms with E-state index in [9.17, 15) is 9.59 Å². The number of carbonyl (C=O) groups is 2. The van der Waals surface area contributed by atoms with Gasteiger partial charge in [-0.15, -0.1) is 16.9 Å². The minimum atomic E-state index is -0.354. The third-order valence-corrected chi connectivity index (χ3v) is 4.85. The summed E-state index contributed by atoms with van der Waals surface area (Å²) in [6.07, 6.45) is 3.53. The molecule has 2 amide bonds. The fourth-order valence-corrected chi connectivity index (χ4v) is 3.22. The molecule has 3 rings (SSSR count). The Morgan fingerprint density at radius 1 is 1.11 bits per heavy atom. The lowest BCUT2D eigenvalue weighted by molar-refractivity contribution is -0.116. The third kappa shape index (κ3) is 4.98. The Hall–Kier alpha value is -3.13. The van der Waals surface area contributed by atoms with Crippen LogP contribution in [-0.4, -0.2) is 51.6 Å². The van der Waals surface area contributed by atoms with Gasteiger partial charge in [-0.05, 0) is 24.0 Å². The molecule has 0 saturated carbocycles. The molecule has 0 atom stereocenters. The number of nitrogens with one attached hydrogen (secondary N) is 1. The molecule has 0 saturated heterocycles. The van der Waals surface area contributed by atoms with Gasteiger partial charge in [-0.25, -0.2) is 4.68 Å². The summed E-state index contributed by atoms with van der Waals surface area (Å²) in [4.78, 5) is 27.2. The summed E-state index contributed by atoms with van der Waals surface area (Å²) in [5.74, 6) is -0.623. The van der Waals surface area contributed by atoms with Crippen molar-refractivity contribution in [1.82, 2.24) is 19.9 Å². The van der Waals surface area contributed by atoms with Crippen molar-refractivity contribution < 1.29 is 9.59 Å². The molecule has 0 aliphatic carbocycles. The van der Waals surface area contributed by atoms with Crippen molar-refractivity contribution in [2.75, 3.05) is 25.2 Å². The van der Waals surface area contributed by atoms with Gasteiger partial charge in [0.25, 0.3) is 5.91 Å². The molecule has 8 heteroatoms. The zero-order valence-corrected chi connectivity index (χ0v) is 16.5. The van der Waals surface area contributed by atoms with E-state index in [0.29, 0.717) is 6.54 Å². The fourth-order valence-electron chi connectivity index (χ4n) is 2.66. The van der Waals surface area contributed by atoms with Crippen LogP contribution in [0.4, 0.5) is 5.69 Å². The predicted octanol–water partition coefficient (Wildman–Crippen LogP) is 2.76. The van der Waals surface area contributed by atoms with Crippen LogP contribution in [0, 0.1) is 0 Å². The Morgan fingerprint density at radius 2 is 1.82 bits per heavy atom. The van der Waals surface area contributed by atoms with Crippen molar-refractivity contribution in [3.8, 4) is 0 Å². The van der Waals surface area contributed by atoms with Crippen molar-refractivity contribution in [2.24, 2.45) is 0 Å². The molecule has 2 aromatic carbocycles. The summed E-state index contributed by atoms with van der Waals surface area (Å²) in [6, 6.07) is 17.3. The van der Waals surface area contributed by atoms with Gasteiger partial charge in [0, 0.05) is 11.9 Å². The maximum atomic E-state index is 12.5. The van der Waals surface area contributed by atoms with Gasteiger partial charge in [0.2, 0.25) is 5.91 Å². The molecule has 28 heavy (non-hydrogen) atoms. The van der Waals surface area contributed by atoms with Crippen LogP contribution in [-0.2, 0) is 11.3 Å². The van der Waals surface area contributed by atoms with Gasteiger partial charge in [-0.1, -0.05) is 47.7 Å². The Morgan fingerprint density at radius 3 is 2.57 bits per heavy atom. The average Bonchev–Trinajstić information content (AvgIpc) is 3.16. The summed E-state index contributed by atoms with van der Waals surface area (Å²) in [7, 11) is 1.57. The number of nitrogens with zero attached hydrogens (tertiary/aromatic N) is 4. The number of amides is 2. The zero-order valence-electron chi connectivity index (χ0n) is 15.7. The van der Waals surface area contributed by atoms with E-state index >= 15 is 0 Å². The van der Waals surface area contributed by atoms with E-state index < -0.39 is 0 Å². The standard InChI is InChI=1S/C20H21N5O2S/c1-24(14-19(26)21-16-10-6-7-11-18(16)28-2)20(27)17-13-25(23-22-17)12-15-8-4-3-5-9-15/h3-11,13H,12,14H2,1-2H3,(H,21,26). The Kier molecular flexibility index (Phi) is 6.44. The van der Waals surface area contributed by atoms with Crippen molar-refractivity contribution in [2.45, 2.75) is 11.4 Å². The second-order valence-corrected chi connectivity index (χ2v) is 7.04. The van der Waals surface area contributed by atoms with Gasteiger partial charge >= 0.3 is 0 Å². The van der Waals surface area contributed by atoms with Crippen LogP contribution in [0.15, 0.2) is 65.7 Å². The number of likely N-dealkylation sites (N-methyl/N-ethyl adjacent to an activating group) is 1. The average molecular weight is 395 g/mol. The van der Waals surface area contributed by atoms with E-state index in [0.717, 1.165) is 16.1 Å². The Bertz CT molecular complexity index is 958. The van der Waals surface area contributed by atoms with Gasteiger partial charge in [-0.2, -0.15) is 0 Å². The first-order valence-corrected chi connectivity index (χ1v) is 9.91. The fraction of sp³-hybridized carbons (Fsp3) is 0.200. The molecule has 1 heterocycles. The lowest BCUT2D eigenvalue weighted by Crippen LogP contribution is -2.35. The van der Waals surface area contributed by atoms with Crippen molar-refractivity contribution in [1.29, 1.82) is 0 Å². The SMILES string of the molecule is CSc1ccccc1NC(=O)CN(C)C(=O)c1cn(Cc2ccccc2)nn1. The number of aromatic nitrogens is 3. The van der Waals surface area contributed by atoms with Crippen molar-refractivity contribution in [3.63, 3.8) is 0 Å². The summed E-state index contributed by atoms with van der Waals surface area (Å²) >= 11 is 1.55. The first-order valence-electron chi connectivity index (χ1n) is 8.69. The van der Waals surface area contributed by atoms with Gasteiger partial charge < -0.3 is 10.2 Å². The van der Waals surface area contributed by atoms with Crippen LogP contribution in [0.1, 0.15) is 16.1 Å². The molecular weight excluding hydrogens is 374 g/mol. The number of anilines is 1. The molecule has 0 radical (unpaired) electrons. The quantitative estimate of drug-likeness (QED) is 0.622.